The van der Waals surface area contributed by atoms with Crippen LogP contribution in [-0.4, -0.2) is 22.7 Å². The maximum Gasteiger partial charge on any atom is 0.337 e. The summed E-state index contributed by atoms with van der Waals surface area (Å²) in [7, 11) is 0. The lowest BCUT2D eigenvalue weighted by atomic mass is 9.84. The molecule has 1 aromatic heterocycles. The number of carbonyl (C=O) groups is 1. The van der Waals surface area contributed by atoms with Crippen molar-refractivity contribution < 1.29 is 14.6 Å². The summed E-state index contributed by atoms with van der Waals surface area (Å²) in [5.74, 6) is -0.498. The number of rotatable bonds is 6. The maximum atomic E-state index is 11.4. The van der Waals surface area contributed by atoms with Crippen molar-refractivity contribution in [1.29, 1.82) is 5.26 Å². The lowest BCUT2D eigenvalue weighted by Crippen LogP contribution is -2.24. The van der Waals surface area contributed by atoms with Crippen LogP contribution in [0.1, 0.15) is 54.9 Å². The van der Waals surface area contributed by atoms with Crippen LogP contribution in [0, 0.1) is 16.7 Å². The summed E-state index contributed by atoms with van der Waals surface area (Å²) in [6.45, 7) is 2.80. The quantitative estimate of drug-likeness (QED) is 0.818. The lowest BCUT2D eigenvalue weighted by Gasteiger charge is -2.27. The highest BCUT2D eigenvalue weighted by Crippen LogP contribution is 2.41. The van der Waals surface area contributed by atoms with Crippen molar-refractivity contribution in [1.82, 2.24) is 4.98 Å². The van der Waals surface area contributed by atoms with Crippen molar-refractivity contribution in [2.24, 2.45) is 5.41 Å². The summed E-state index contributed by atoms with van der Waals surface area (Å²) in [6, 6.07) is 10.4. The van der Waals surface area contributed by atoms with Gasteiger partial charge in [-0.15, -0.1) is 0 Å². The van der Waals surface area contributed by atoms with E-state index in [1.54, 1.807) is 30.5 Å². The van der Waals surface area contributed by atoms with Crippen LogP contribution in [0.15, 0.2) is 36.5 Å². The highest BCUT2D eigenvalue weighted by molar-refractivity contribution is 5.94. The highest BCUT2D eigenvalue weighted by atomic mass is 16.5. The number of nitrogens with zero attached hydrogens (tertiary/aromatic N) is 2. The number of pyridine rings is 1. The van der Waals surface area contributed by atoms with E-state index in [9.17, 15) is 15.2 Å². The van der Waals surface area contributed by atoms with E-state index in [0.29, 0.717) is 29.2 Å². The minimum Gasteiger partial charge on any atom is -0.492 e. The molecule has 1 N–H and O–H groups in total. The van der Waals surface area contributed by atoms with Crippen LogP contribution in [0.2, 0.25) is 0 Å². The first-order valence-electron chi connectivity index (χ1n) is 8.94. The summed E-state index contributed by atoms with van der Waals surface area (Å²) >= 11 is 0. The van der Waals surface area contributed by atoms with Crippen molar-refractivity contribution >= 4 is 5.97 Å². The number of aromatic carboxylic acids is 1. The Kier molecular flexibility index (Phi) is 5.22. The fourth-order valence-electron chi connectivity index (χ4n) is 3.65. The van der Waals surface area contributed by atoms with Crippen LogP contribution < -0.4 is 4.74 Å². The van der Waals surface area contributed by atoms with Crippen LogP contribution >= 0.6 is 0 Å². The predicted octanol–water partition coefficient (Wildman–Crippen LogP) is 4.67. The van der Waals surface area contributed by atoms with Crippen molar-refractivity contribution in [3.63, 3.8) is 0 Å². The smallest absolute Gasteiger partial charge is 0.337 e. The molecule has 1 heterocycles. The Hall–Kier alpha value is -2.87. The van der Waals surface area contributed by atoms with Crippen LogP contribution in [0.5, 0.6) is 5.75 Å². The SMILES string of the molecule is CCC1(COc2ccc(-c3ncccc3C(=O)O)cc2C#N)CCCC1. The normalized spacial score (nSPS) is 15.4. The van der Waals surface area contributed by atoms with E-state index < -0.39 is 5.97 Å². The molecule has 0 spiro atoms. The minimum absolute atomic E-state index is 0.112. The molecule has 0 unspecified atom stereocenters. The molecule has 0 radical (unpaired) electrons. The van der Waals surface area contributed by atoms with Gasteiger partial charge in [-0.2, -0.15) is 5.26 Å². The number of ether oxygens (including phenoxy) is 1. The molecule has 3 rings (SSSR count). The average molecular weight is 350 g/mol. The topological polar surface area (TPSA) is 83.2 Å². The number of benzene rings is 1. The van der Waals surface area contributed by atoms with Crippen molar-refractivity contribution in [3.8, 4) is 23.1 Å². The van der Waals surface area contributed by atoms with Gasteiger partial charge in [0.05, 0.1) is 23.4 Å². The van der Waals surface area contributed by atoms with Gasteiger partial charge in [0.2, 0.25) is 0 Å². The molecule has 1 aromatic carbocycles. The summed E-state index contributed by atoms with van der Waals surface area (Å²) in [5.41, 5.74) is 1.67. The van der Waals surface area contributed by atoms with Crippen LogP contribution in [-0.2, 0) is 0 Å². The van der Waals surface area contributed by atoms with E-state index in [-0.39, 0.29) is 11.0 Å². The summed E-state index contributed by atoms with van der Waals surface area (Å²) in [5, 5.41) is 18.9. The monoisotopic (exact) mass is 350 g/mol. The van der Waals surface area contributed by atoms with Crippen LogP contribution in [0.3, 0.4) is 0 Å². The largest absolute Gasteiger partial charge is 0.492 e. The Bertz CT molecular complexity index is 849. The van der Waals surface area contributed by atoms with Gasteiger partial charge in [0.25, 0.3) is 0 Å². The second kappa shape index (κ2) is 7.57. The molecule has 5 heteroatoms. The Balaban J connectivity index is 1.87. The molecule has 26 heavy (non-hydrogen) atoms. The summed E-state index contributed by atoms with van der Waals surface area (Å²) < 4.78 is 6.02. The third-order valence-electron chi connectivity index (χ3n) is 5.36. The summed E-state index contributed by atoms with van der Waals surface area (Å²) in [4.78, 5) is 15.6. The van der Waals surface area contributed by atoms with Crippen LogP contribution in [0.25, 0.3) is 11.3 Å². The number of carboxylic acid groups (broad SMARTS) is 1. The second-order valence-electron chi connectivity index (χ2n) is 6.88. The van der Waals surface area contributed by atoms with Gasteiger partial charge in [0, 0.05) is 17.2 Å². The summed E-state index contributed by atoms with van der Waals surface area (Å²) in [6.07, 6.45) is 7.42. The highest BCUT2D eigenvalue weighted by Gasteiger charge is 2.33. The molecular weight excluding hydrogens is 328 g/mol. The molecule has 0 bridgehead atoms. The molecule has 1 fully saturated rings. The van der Waals surface area contributed by atoms with Crippen molar-refractivity contribution in [2.75, 3.05) is 6.61 Å². The zero-order chi connectivity index (χ0) is 18.6. The average Bonchev–Trinajstić information content (AvgIpc) is 3.15. The molecule has 1 saturated carbocycles. The van der Waals surface area contributed by atoms with Crippen molar-refractivity contribution in [3.05, 3.63) is 47.7 Å². The first-order valence-corrected chi connectivity index (χ1v) is 8.94. The van der Waals surface area contributed by atoms with Gasteiger partial charge < -0.3 is 9.84 Å². The van der Waals surface area contributed by atoms with Gasteiger partial charge in [0.15, 0.2) is 0 Å². The molecule has 134 valence electrons. The third kappa shape index (κ3) is 3.55. The standard InChI is InChI=1S/C21H22N2O3/c1-2-21(9-3-4-10-21)14-26-18-8-7-15(12-16(18)13-22)19-17(20(24)25)6-5-11-23-19/h5-8,11-12H,2-4,9-10,14H2,1H3,(H,24,25). The molecule has 1 aliphatic rings. The van der Waals surface area contributed by atoms with Gasteiger partial charge in [-0.25, -0.2) is 4.79 Å². The lowest BCUT2D eigenvalue weighted by molar-refractivity contribution is 0.0697. The van der Waals surface area contributed by atoms with E-state index in [4.69, 9.17) is 4.74 Å². The molecule has 0 atom stereocenters. The van der Waals surface area contributed by atoms with E-state index >= 15 is 0 Å². The van der Waals surface area contributed by atoms with Gasteiger partial charge in [-0.1, -0.05) is 19.8 Å². The van der Waals surface area contributed by atoms with Gasteiger partial charge in [-0.3, -0.25) is 4.98 Å². The van der Waals surface area contributed by atoms with Gasteiger partial charge in [-0.05, 0) is 49.6 Å². The van der Waals surface area contributed by atoms with Gasteiger partial charge in [0.1, 0.15) is 11.8 Å². The second-order valence-corrected chi connectivity index (χ2v) is 6.88. The van der Waals surface area contributed by atoms with Gasteiger partial charge >= 0.3 is 5.97 Å². The number of carboxylic acids is 1. The van der Waals surface area contributed by atoms with E-state index in [1.165, 1.54) is 31.7 Å². The Morgan fingerprint density at radius 3 is 2.77 bits per heavy atom. The first-order chi connectivity index (χ1) is 12.6. The molecular formula is C21H22N2O3. The maximum absolute atomic E-state index is 11.4. The fraction of sp³-hybridized carbons (Fsp3) is 0.381. The zero-order valence-corrected chi connectivity index (χ0v) is 14.9. The minimum atomic E-state index is -1.04. The van der Waals surface area contributed by atoms with E-state index in [1.807, 2.05) is 0 Å². The Morgan fingerprint density at radius 1 is 1.35 bits per heavy atom. The third-order valence-corrected chi connectivity index (χ3v) is 5.36. The number of hydrogen-bond acceptors (Lipinski definition) is 4. The molecule has 1 aliphatic carbocycles. The Labute approximate surface area is 153 Å². The van der Waals surface area contributed by atoms with E-state index in [0.717, 1.165) is 6.42 Å². The Morgan fingerprint density at radius 2 is 2.12 bits per heavy atom. The molecule has 0 aliphatic heterocycles. The number of hydrogen-bond donors (Lipinski definition) is 1. The van der Waals surface area contributed by atoms with E-state index in [2.05, 4.69) is 18.0 Å². The number of nitriles is 1. The molecule has 5 nitrogen and oxygen atoms in total. The number of aromatic nitrogens is 1. The molecule has 0 amide bonds. The zero-order valence-electron chi connectivity index (χ0n) is 14.9. The predicted molar refractivity (Wildman–Crippen MR) is 98.0 cm³/mol. The first kappa shape index (κ1) is 17.9. The van der Waals surface area contributed by atoms with Crippen LogP contribution in [0.4, 0.5) is 0 Å². The fourth-order valence-corrected chi connectivity index (χ4v) is 3.65. The molecule has 0 saturated heterocycles. The molecule has 2 aromatic rings. The van der Waals surface area contributed by atoms with Crippen molar-refractivity contribution in [2.45, 2.75) is 39.0 Å².